The summed E-state index contributed by atoms with van der Waals surface area (Å²) in [5.74, 6) is 0.722. The van der Waals surface area contributed by atoms with Crippen molar-refractivity contribution in [2.24, 2.45) is 0 Å². The minimum Gasteiger partial charge on any atom is -0.454 e. The molecule has 0 spiro atoms. The zero-order valence-corrected chi connectivity index (χ0v) is 17.6. The average Bonchev–Trinajstić information content (AvgIpc) is 2.87. The molecule has 1 heterocycles. The fourth-order valence-electron chi connectivity index (χ4n) is 3.42. The van der Waals surface area contributed by atoms with Crippen molar-refractivity contribution in [3.8, 4) is 11.5 Å². The van der Waals surface area contributed by atoms with Crippen LogP contribution in [-0.4, -0.2) is 20.9 Å². The van der Waals surface area contributed by atoms with Gasteiger partial charge in [0.25, 0.3) is 15.9 Å². The molecule has 0 atom stereocenters. The molecule has 3 aromatic rings. The highest BCUT2D eigenvalue weighted by Crippen LogP contribution is 2.39. The number of carbonyl (C=O) groups is 1. The number of sulfonamides is 1. The number of hydrogen-bond donors (Lipinski definition) is 1. The molecule has 0 unspecified atom stereocenters. The van der Waals surface area contributed by atoms with E-state index in [0.29, 0.717) is 35.0 Å². The lowest BCUT2D eigenvalue weighted by Crippen LogP contribution is -2.29. The van der Waals surface area contributed by atoms with Gasteiger partial charge in [0.2, 0.25) is 0 Å². The van der Waals surface area contributed by atoms with E-state index >= 15 is 0 Å². The van der Waals surface area contributed by atoms with Crippen LogP contribution in [0.3, 0.4) is 0 Å². The number of fused-ring (bicyclic) bond motifs is 2. The Labute approximate surface area is 176 Å². The van der Waals surface area contributed by atoms with Gasteiger partial charge in [0.05, 0.1) is 16.1 Å². The summed E-state index contributed by atoms with van der Waals surface area (Å²) in [5, 5.41) is 0. The predicted molar refractivity (Wildman–Crippen MR) is 117 cm³/mol. The van der Waals surface area contributed by atoms with Crippen LogP contribution >= 0.6 is 0 Å². The molecular formula is C23H22N2O4S. The Bertz CT molecular complexity index is 1200. The average molecular weight is 423 g/mol. The maximum atomic E-state index is 13.2. The third-order valence-electron chi connectivity index (χ3n) is 5.04. The van der Waals surface area contributed by atoms with Crippen LogP contribution in [0.15, 0.2) is 71.6 Å². The van der Waals surface area contributed by atoms with E-state index in [1.54, 1.807) is 47.4 Å². The molecule has 6 nitrogen and oxygen atoms in total. The van der Waals surface area contributed by atoms with Crippen molar-refractivity contribution in [2.45, 2.75) is 25.2 Å². The van der Waals surface area contributed by atoms with Gasteiger partial charge in [0.1, 0.15) is 5.75 Å². The summed E-state index contributed by atoms with van der Waals surface area (Å²) in [5.41, 5.74) is 2.34. The van der Waals surface area contributed by atoms with Crippen LogP contribution in [-0.2, 0) is 16.4 Å². The van der Waals surface area contributed by atoms with Crippen LogP contribution in [0.1, 0.15) is 29.8 Å². The molecular weight excluding hydrogens is 400 g/mol. The molecule has 3 aromatic carbocycles. The van der Waals surface area contributed by atoms with Crippen LogP contribution in [0, 0.1) is 0 Å². The van der Waals surface area contributed by atoms with Crippen molar-refractivity contribution < 1.29 is 17.9 Å². The number of ether oxygens (including phenoxy) is 1. The maximum Gasteiger partial charge on any atom is 0.262 e. The second-order valence-electron chi connectivity index (χ2n) is 6.93. The quantitative estimate of drug-likeness (QED) is 0.639. The zero-order valence-electron chi connectivity index (χ0n) is 16.8. The first-order valence-electron chi connectivity index (χ1n) is 9.77. The number of nitrogens with zero attached hydrogens (tertiary/aromatic N) is 1. The molecule has 0 bridgehead atoms. The Morgan fingerprint density at radius 2 is 1.67 bits per heavy atom. The van der Waals surface area contributed by atoms with Crippen molar-refractivity contribution in [1.82, 2.24) is 0 Å². The maximum absolute atomic E-state index is 13.2. The zero-order chi connectivity index (χ0) is 21.3. The van der Waals surface area contributed by atoms with E-state index in [-0.39, 0.29) is 10.8 Å². The lowest BCUT2D eigenvalue weighted by Gasteiger charge is -2.20. The molecule has 0 saturated carbocycles. The number of nitrogens with one attached hydrogen (secondary N) is 1. The van der Waals surface area contributed by atoms with Gasteiger partial charge in [-0.15, -0.1) is 0 Å². The number of amides is 1. The summed E-state index contributed by atoms with van der Waals surface area (Å²) in [4.78, 5) is 14.9. The first-order chi connectivity index (χ1) is 14.4. The number of benzene rings is 3. The Morgan fingerprint density at radius 1 is 0.933 bits per heavy atom. The van der Waals surface area contributed by atoms with E-state index in [0.717, 1.165) is 12.0 Å². The van der Waals surface area contributed by atoms with Crippen molar-refractivity contribution in [3.05, 3.63) is 77.9 Å². The molecule has 1 N–H and O–H groups in total. The van der Waals surface area contributed by atoms with E-state index in [4.69, 9.17) is 4.74 Å². The normalized spacial score (nSPS) is 13.1. The van der Waals surface area contributed by atoms with Gasteiger partial charge in [0, 0.05) is 12.2 Å². The minimum absolute atomic E-state index is 0.166. The smallest absolute Gasteiger partial charge is 0.262 e. The number of para-hydroxylation sites is 2. The van der Waals surface area contributed by atoms with E-state index in [1.165, 1.54) is 6.07 Å². The van der Waals surface area contributed by atoms with Crippen LogP contribution in [0.2, 0.25) is 0 Å². The molecule has 7 heteroatoms. The largest absolute Gasteiger partial charge is 0.454 e. The second kappa shape index (κ2) is 7.84. The van der Waals surface area contributed by atoms with E-state index in [1.807, 2.05) is 32.0 Å². The van der Waals surface area contributed by atoms with Crippen molar-refractivity contribution >= 4 is 27.3 Å². The van der Waals surface area contributed by atoms with Gasteiger partial charge in [-0.1, -0.05) is 31.2 Å². The number of rotatable bonds is 5. The molecule has 0 aliphatic carbocycles. The first kappa shape index (κ1) is 20.0. The Morgan fingerprint density at radius 3 is 2.37 bits per heavy atom. The van der Waals surface area contributed by atoms with E-state index < -0.39 is 10.0 Å². The molecule has 4 rings (SSSR count). The Balaban J connectivity index is 1.69. The SMILES string of the molecule is CCc1ccc(S(=O)(=O)Nc2ccc3c(c2)C(=O)N(CC)c2ccccc2O3)cc1. The van der Waals surface area contributed by atoms with Gasteiger partial charge in [0.15, 0.2) is 5.75 Å². The van der Waals surface area contributed by atoms with Crippen LogP contribution in [0.5, 0.6) is 11.5 Å². The first-order valence-corrected chi connectivity index (χ1v) is 11.3. The van der Waals surface area contributed by atoms with Gasteiger partial charge >= 0.3 is 0 Å². The Kier molecular flexibility index (Phi) is 5.22. The molecule has 0 radical (unpaired) electrons. The third kappa shape index (κ3) is 3.64. The summed E-state index contributed by atoms with van der Waals surface area (Å²) in [6.45, 7) is 4.35. The predicted octanol–water partition coefficient (Wildman–Crippen LogP) is 4.82. The molecule has 0 fully saturated rings. The lowest BCUT2D eigenvalue weighted by atomic mass is 10.1. The number of aryl methyl sites for hydroxylation is 1. The third-order valence-corrected chi connectivity index (χ3v) is 6.44. The van der Waals surface area contributed by atoms with E-state index in [9.17, 15) is 13.2 Å². The minimum atomic E-state index is -3.78. The van der Waals surface area contributed by atoms with Crippen molar-refractivity contribution in [1.29, 1.82) is 0 Å². The molecule has 0 aromatic heterocycles. The highest BCUT2D eigenvalue weighted by molar-refractivity contribution is 7.92. The monoisotopic (exact) mass is 422 g/mol. The lowest BCUT2D eigenvalue weighted by molar-refractivity contribution is 0.0988. The van der Waals surface area contributed by atoms with Crippen molar-refractivity contribution in [2.75, 3.05) is 16.2 Å². The van der Waals surface area contributed by atoms with Crippen LogP contribution < -0.4 is 14.4 Å². The Hall–Kier alpha value is -3.32. The topological polar surface area (TPSA) is 75.7 Å². The molecule has 1 aliphatic rings. The summed E-state index contributed by atoms with van der Waals surface area (Å²) >= 11 is 0. The van der Waals surface area contributed by atoms with Crippen LogP contribution in [0.4, 0.5) is 11.4 Å². The van der Waals surface area contributed by atoms with Crippen LogP contribution in [0.25, 0.3) is 0 Å². The van der Waals surface area contributed by atoms with Gasteiger partial charge in [-0.25, -0.2) is 8.42 Å². The van der Waals surface area contributed by atoms with Gasteiger partial charge in [-0.05, 0) is 61.4 Å². The second-order valence-corrected chi connectivity index (χ2v) is 8.62. The molecule has 30 heavy (non-hydrogen) atoms. The van der Waals surface area contributed by atoms with Gasteiger partial charge in [-0.3, -0.25) is 9.52 Å². The molecule has 1 aliphatic heterocycles. The summed E-state index contributed by atoms with van der Waals surface area (Å²) in [6.07, 6.45) is 0.830. The summed E-state index contributed by atoms with van der Waals surface area (Å²) in [6, 6.07) is 18.8. The molecule has 0 saturated heterocycles. The number of anilines is 2. The van der Waals surface area contributed by atoms with Gasteiger partial charge in [-0.2, -0.15) is 0 Å². The summed E-state index contributed by atoms with van der Waals surface area (Å²) < 4.78 is 34.1. The number of hydrogen-bond acceptors (Lipinski definition) is 4. The van der Waals surface area contributed by atoms with Crippen molar-refractivity contribution in [3.63, 3.8) is 0 Å². The highest BCUT2D eigenvalue weighted by atomic mass is 32.2. The molecule has 1 amide bonds. The number of carbonyl (C=O) groups excluding carboxylic acids is 1. The molecule has 154 valence electrons. The standard InChI is InChI=1S/C23H22N2O4S/c1-3-16-9-12-18(13-10-16)30(27,28)24-17-11-14-21-19(15-17)23(26)25(4-2)20-7-5-6-8-22(20)29-21/h5-15,24H,3-4H2,1-2H3. The summed E-state index contributed by atoms with van der Waals surface area (Å²) in [7, 11) is -3.78. The van der Waals surface area contributed by atoms with Gasteiger partial charge < -0.3 is 9.64 Å². The van der Waals surface area contributed by atoms with E-state index in [2.05, 4.69) is 4.72 Å². The highest BCUT2D eigenvalue weighted by Gasteiger charge is 2.27. The fourth-order valence-corrected chi connectivity index (χ4v) is 4.47. The fraction of sp³-hybridized carbons (Fsp3) is 0.174.